The molecule has 1 atom stereocenters. The summed E-state index contributed by atoms with van der Waals surface area (Å²) in [5.41, 5.74) is -0.744. The third-order valence-corrected chi connectivity index (χ3v) is 3.92. The molecule has 0 radical (unpaired) electrons. The molecule has 0 amide bonds. The highest BCUT2D eigenvalue weighted by molar-refractivity contribution is 7.10. The molecule has 2 rings (SSSR count). The largest absolute Gasteiger partial charge is 0.478 e. The minimum Gasteiger partial charge on any atom is -0.478 e. The van der Waals surface area contributed by atoms with E-state index >= 15 is 0 Å². The summed E-state index contributed by atoms with van der Waals surface area (Å²) in [6.07, 6.45) is -1.42. The Morgan fingerprint density at radius 1 is 1.32 bits per heavy atom. The molecule has 2 N–H and O–H groups in total. The second-order valence-corrected chi connectivity index (χ2v) is 5.05. The Morgan fingerprint density at radius 3 is 2.47 bits per heavy atom. The standard InChI is InChI=1S/C12H7ClF2O3S/c13-7-1-2-19-11(7)10(16)5-3-8(14)9(15)4-6(5)12(17)18/h1-4,10,16H,(H,17,18). The number of aromatic carboxylic acids is 1. The van der Waals surface area contributed by atoms with Gasteiger partial charge >= 0.3 is 5.97 Å². The quantitative estimate of drug-likeness (QED) is 0.913. The number of aliphatic hydroxyl groups is 1. The molecular weight excluding hydrogens is 298 g/mol. The van der Waals surface area contributed by atoms with Crippen molar-refractivity contribution in [3.05, 3.63) is 56.2 Å². The molecule has 100 valence electrons. The monoisotopic (exact) mass is 304 g/mol. The maximum atomic E-state index is 13.2. The third kappa shape index (κ3) is 2.60. The van der Waals surface area contributed by atoms with Crippen LogP contribution in [0.5, 0.6) is 0 Å². The van der Waals surface area contributed by atoms with E-state index in [-0.39, 0.29) is 15.5 Å². The smallest absolute Gasteiger partial charge is 0.336 e. The Hall–Kier alpha value is -1.50. The van der Waals surface area contributed by atoms with Crippen molar-refractivity contribution in [1.82, 2.24) is 0 Å². The van der Waals surface area contributed by atoms with Gasteiger partial charge in [-0.15, -0.1) is 11.3 Å². The maximum Gasteiger partial charge on any atom is 0.336 e. The fourth-order valence-electron chi connectivity index (χ4n) is 1.62. The zero-order valence-corrected chi connectivity index (χ0v) is 10.8. The van der Waals surface area contributed by atoms with E-state index in [1.54, 1.807) is 5.38 Å². The highest BCUT2D eigenvalue weighted by atomic mass is 35.5. The molecule has 0 aliphatic heterocycles. The number of halogens is 3. The van der Waals surface area contributed by atoms with Crippen LogP contribution in [-0.4, -0.2) is 16.2 Å². The van der Waals surface area contributed by atoms with Crippen LogP contribution in [0.3, 0.4) is 0 Å². The summed E-state index contributed by atoms with van der Waals surface area (Å²) in [5.74, 6) is -3.97. The number of thiophene rings is 1. The van der Waals surface area contributed by atoms with Gasteiger partial charge in [0.05, 0.1) is 15.5 Å². The van der Waals surface area contributed by atoms with Crippen LogP contribution < -0.4 is 0 Å². The van der Waals surface area contributed by atoms with Gasteiger partial charge in [0.15, 0.2) is 11.6 Å². The number of carboxylic acid groups (broad SMARTS) is 1. The van der Waals surface area contributed by atoms with E-state index in [1.165, 1.54) is 6.07 Å². The van der Waals surface area contributed by atoms with Crippen molar-refractivity contribution in [2.24, 2.45) is 0 Å². The summed E-state index contributed by atoms with van der Waals surface area (Å²) in [6, 6.07) is 2.72. The molecule has 1 aromatic heterocycles. The van der Waals surface area contributed by atoms with Crippen molar-refractivity contribution in [2.75, 3.05) is 0 Å². The Balaban J connectivity index is 2.58. The van der Waals surface area contributed by atoms with E-state index < -0.39 is 29.3 Å². The number of carboxylic acids is 1. The van der Waals surface area contributed by atoms with Gasteiger partial charge in [-0.3, -0.25) is 0 Å². The van der Waals surface area contributed by atoms with Crippen LogP contribution in [0.4, 0.5) is 8.78 Å². The highest BCUT2D eigenvalue weighted by Crippen LogP contribution is 2.34. The van der Waals surface area contributed by atoms with Gasteiger partial charge in [-0.1, -0.05) is 11.6 Å². The molecule has 3 nitrogen and oxygen atoms in total. The number of hydrogen-bond acceptors (Lipinski definition) is 3. The Bertz CT molecular complexity index is 642. The van der Waals surface area contributed by atoms with Gasteiger partial charge in [0.25, 0.3) is 0 Å². The number of aliphatic hydroxyl groups excluding tert-OH is 1. The van der Waals surface area contributed by atoms with Gasteiger partial charge in [-0.25, -0.2) is 13.6 Å². The van der Waals surface area contributed by atoms with Gasteiger partial charge in [0.2, 0.25) is 0 Å². The second-order valence-electron chi connectivity index (χ2n) is 3.69. The molecule has 1 aromatic carbocycles. The van der Waals surface area contributed by atoms with Gasteiger partial charge in [0, 0.05) is 5.56 Å². The molecule has 2 aromatic rings. The predicted octanol–water partition coefficient (Wildman–Crippen LogP) is 3.46. The van der Waals surface area contributed by atoms with Crippen LogP contribution in [0.25, 0.3) is 0 Å². The Kier molecular flexibility index (Phi) is 3.84. The van der Waals surface area contributed by atoms with Crippen LogP contribution in [-0.2, 0) is 0 Å². The molecule has 0 aliphatic rings. The summed E-state index contributed by atoms with van der Waals surface area (Å²) in [4.78, 5) is 11.3. The summed E-state index contributed by atoms with van der Waals surface area (Å²) in [7, 11) is 0. The lowest BCUT2D eigenvalue weighted by molar-refractivity contribution is 0.0690. The molecule has 0 saturated heterocycles. The van der Waals surface area contributed by atoms with Crippen LogP contribution in [0, 0.1) is 11.6 Å². The molecule has 0 saturated carbocycles. The summed E-state index contributed by atoms with van der Waals surface area (Å²) in [5, 5.41) is 20.9. The van der Waals surface area contributed by atoms with Crippen LogP contribution in [0.2, 0.25) is 5.02 Å². The first-order chi connectivity index (χ1) is 8.91. The van der Waals surface area contributed by atoms with Gasteiger partial charge in [-0.2, -0.15) is 0 Å². The van der Waals surface area contributed by atoms with Crippen LogP contribution in [0.15, 0.2) is 23.6 Å². The van der Waals surface area contributed by atoms with E-state index in [2.05, 4.69) is 0 Å². The zero-order chi connectivity index (χ0) is 14.2. The average Bonchev–Trinajstić information content (AvgIpc) is 2.77. The second kappa shape index (κ2) is 5.24. The van der Waals surface area contributed by atoms with Crippen molar-refractivity contribution < 1.29 is 23.8 Å². The van der Waals surface area contributed by atoms with Crippen molar-refractivity contribution in [3.8, 4) is 0 Å². The molecular formula is C12H7ClF2O3S. The molecule has 0 spiro atoms. The van der Waals surface area contributed by atoms with E-state index in [9.17, 15) is 18.7 Å². The molecule has 0 aliphatic carbocycles. The van der Waals surface area contributed by atoms with E-state index in [4.69, 9.17) is 16.7 Å². The molecule has 1 unspecified atom stereocenters. The molecule has 0 fully saturated rings. The van der Waals surface area contributed by atoms with Gasteiger partial charge in [-0.05, 0) is 23.6 Å². The lowest BCUT2D eigenvalue weighted by Crippen LogP contribution is -2.09. The lowest BCUT2D eigenvalue weighted by atomic mass is 10.0. The highest BCUT2D eigenvalue weighted by Gasteiger charge is 2.24. The lowest BCUT2D eigenvalue weighted by Gasteiger charge is -2.13. The van der Waals surface area contributed by atoms with Crippen molar-refractivity contribution in [1.29, 1.82) is 0 Å². The van der Waals surface area contributed by atoms with Crippen LogP contribution >= 0.6 is 22.9 Å². The number of rotatable bonds is 3. The van der Waals surface area contributed by atoms with Crippen molar-refractivity contribution >= 4 is 28.9 Å². The molecule has 1 heterocycles. The first kappa shape index (κ1) is 13.9. The normalized spacial score (nSPS) is 12.4. The van der Waals surface area contributed by atoms with E-state index in [1.807, 2.05) is 0 Å². The minimum atomic E-state index is -1.46. The van der Waals surface area contributed by atoms with E-state index in [0.29, 0.717) is 12.1 Å². The van der Waals surface area contributed by atoms with Crippen molar-refractivity contribution in [2.45, 2.75) is 6.10 Å². The molecule has 0 bridgehead atoms. The third-order valence-electron chi connectivity index (χ3n) is 2.51. The Morgan fingerprint density at radius 2 is 1.95 bits per heavy atom. The molecule has 19 heavy (non-hydrogen) atoms. The summed E-state index contributed by atoms with van der Waals surface area (Å²) < 4.78 is 26.3. The SMILES string of the molecule is O=C(O)c1cc(F)c(F)cc1C(O)c1sccc1Cl. The summed E-state index contributed by atoms with van der Waals surface area (Å²) >= 11 is 6.91. The Labute approximate surface area is 115 Å². The number of carbonyl (C=O) groups is 1. The van der Waals surface area contributed by atoms with E-state index in [0.717, 1.165) is 11.3 Å². The maximum absolute atomic E-state index is 13.2. The molecule has 7 heteroatoms. The first-order valence-electron chi connectivity index (χ1n) is 5.05. The average molecular weight is 305 g/mol. The number of benzene rings is 1. The topological polar surface area (TPSA) is 57.5 Å². The van der Waals surface area contributed by atoms with Crippen LogP contribution in [0.1, 0.15) is 26.9 Å². The minimum absolute atomic E-state index is 0.235. The van der Waals surface area contributed by atoms with Crippen molar-refractivity contribution in [3.63, 3.8) is 0 Å². The first-order valence-corrected chi connectivity index (χ1v) is 6.30. The zero-order valence-electron chi connectivity index (χ0n) is 9.23. The fourth-order valence-corrected chi connectivity index (χ4v) is 2.78. The fraction of sp³-hybridized carbons (Fsp3) is 0.0833. The predicted molar refractivity (Wildman–Crippen MR) is 66.7 cm³/mol. The summed E-state index contributed by atoms with van der Waals surface area (Å²) in [6.45, 7) is 0. The van der Waals surface area contributed by atoms with Gasteiger partial charge < -0.3 is 10.2 Å². The van der Waals surface area contributed by atoms with Gasteiger partial charge in [0.1, 0.15) is 6.10 Å². The number of hydrogen-bond donors (Lipinski definition) is 2.